The third kappa shape index (κ3) is 2.48. The van der Waals surface area contributed by atoms with Gasteiger partial charge in [-0.25, -0.2) is 0 Å². The SMILES string of the molecule is Cc1cc2c(cc1C(=O)I)C(C)(C)[C@H]1OC(C)(C)O[C@H]1C2(C)C. The highest BCUT2D eigenvalue weighted by atomic mass is 127. The number of ether oxygens (including phenoxy) is 2. The van der Waals surface area contributed by atoms with E-state index in [2.05, 4.69) is 39.8 Å². The number of carbonyl (C=O) groups excluding carboxylic acids is 1. The second-order valence-corrected chi connectivity index (χ2v) is 9.39. The van der Waals surface area contributed by atoms with Crippen LogP contribution in [0, 0.1) is 6.92 Å². The van der Waals surface area contributed by atoms with E-state index in [-0.39, 0.29) is 26.8 Å². The maximum absolute atomic E-state index is 12.0. The minimum absolute atomic E-state index is 0.000512. The first kappa shape index (κ1) is 17.4. The van der Waals surface area contributed by atoms with Crippen LogP contribution in [0.4, 0.5) is 0 Å². The molecule has 0 aromatic heterocycles. The monoisotopic (exact) mass is 428 g/mol. The molecule has 4 heteroatoms. The predicted octanol–water partition coefficient (Wildman–Crippen LogP) is 4.66. The second kappa shape index (κ2) is 5.02. The summed E-state index contributed by atoms with van der Waals surface area (Å²) in [6.07, 6.45) is -0.0274. The van der Waals surface area contributed by atoms with Gasteiger partial charge in [-0.1, -0.05) is 33.8 Å². The Morgan fingerprint density at radius 3 is 1.83 bits per heavy atom. The molecule has 1 heterocycles. The average Bonchev–Trinajstić information content (AvgIpc) is 2.74. The van der Waals surface area contributed by atoms with Crippen molar-refractivity contribution in [3.05, 3.63) is 34.4 Å². The fraction of sp³-hybridized carbons (Fsp3) is 0.632. The summed E-state index contributed by atoms with van der Waals surface area (Å²) in [6.45, 7) is 14.8. The summed E-state index contributed by atoms with van der Waals surface area (Å²) in [4.78, 5) is 12.0. The van der Waals surface area contributed by atoms with E-state index in [1.54, 1.807) is 0 Å². The van der Waals surface area contributed by atoms with Gasteiger partial charge in [0.15, 0.2) is 5.79 Å². The van der Waals surface area contributed by atoms with Gasteiger partial charge in [-0.05, 0) is 43.5 Å². The molecular formula is C19H25IO3. The highest BCUT2D eigenvalue weighted by molar-refractivity contribution is 14.1. The molecule has 3 nitrogen and oxygen atoms in total. The third-order valence-electron chi connectivity index (χ3n) is 5.48. The Morgan fingerprint density at radius 1 is 0.957 bits per heavy atom. The van der Waals surface area contributed by atoms with Gasteiger partial charge >= 0.3 is 0 Å². The molecule has 0 amide bonds. The Balaban J connectivity index is 2.26. The van der Waals surface area contributed by atoms with Crippen LogP contribution in [-0.2, 0) is 20.3 Å². The van der Waals surface area contributed by atoms with Crippen molar-refractivity contribution in [2.75, 3.05) is 0 Å². The Hall–Kier alpha value is -0.460. The molecule has 1 aliphatic carbocycles. The van der Waals surface area contributed by atoms with Crippen LogP contribution in [-0.4, -0.2) is 21.8 Å². The minimum Gasteiger partial charge on any atom is -0.344 e. The van der Waals surface area contributed by atoms with Gasteiger partial charge in [0.25, 0.3) is 0 Å². The largest absolute Gasteiger partial charge is 0.344 e. The number of benzene rings is 1. The number of carbonyl (C=O) groups is 1. The van der Waals surface area contributed by atoms with E-state index in [1.165, 1.54) is 11.1 Å². The maximum Gasteiger partial charge on any atom is 0.222 e. The number of aryl methyl sites for hydroxylation is 1. The van der Waals surface area contributed by atoms with Crippen LogP contribution in [0.1, 0.15) is 68.6 Å². The van der Waals surface area contributed by atoms with E-state index in [0.29, 0.717) is 0 Å². The van der Waals surface area contributed by atoms with Gasteiger partial charge < -0.3 is 9.47 Å². The van der Waals surface area contributed by atoms with Crippen molar-refractivity contribution in [3.63, 3.8) is 0 Å². The second-order valence-electron chi connectivity index (χ2n) is 8.41. The molecule has 0 unspecified atom stereocenters. The van der Waals surface area contributed by atoms with E-state index in [4.69, 9.17) is 9.47 Å². The Morgan fingerprint density at radius 2 is 1.39 bits per heavy atom. The summed E-state index contributed by atoms with van der Waals surface area (Å²) in [7, 11) is 0. The smallest absolute Gasteiger partial charge is 0.222 e. The Kier molecular flexibility index (Phi) is 3.79. The molecule has 0 N–H and O–H groups in total. The van der Waals surface area contributed by atoms with Crippen LogP contribution in [0.2, 0.25) is 0 Å². The number of hydrogen-bond donors (Lipinski definition) is 0. The summed E-state index contributed by atoms with van der Waals surface area (Å²) in [5, 5.41) is 0. The first-order chi connectivity index (χ1) is 10.4. The van der Waals surface area contributed by atoms with Crippen molar-refractivity contribution >= 4 is 26.4 Å². The first-order valence-corrected chi connectivity index (χ1v) is 9.17. The summed E-state index contributed by atoms with van der Waals surface area (Å²) in [5.41, 5.74) is 3.92. The highest BCUT2D eigenvalue weighted by Crippen LogP contribution is 2.53. The molecule has 1 aromatic carbocycles. The number of hydrogen-bond acceptors (Lipinski definition) is 3. The average molecular weight is 428 g/mol. The van der Waals surface area contributed by atoms with Gasteiger partial charge in [0.05, 0.1) is 12.2 Å². The zero-order valence-corrected chi connectivity index (χ0v) is 17.1. The predicted molar refractivity (Wildman–Crippen MR) is 99.4 cm³/mol. The lowest BCUT2D eigenvalue weighted by atomic mass is 9.59. The van der Waals surface area contributed by atoms with E-state index >= 15 is 0 Å². The van der Waals surface area contributed by atoms with E-state index < -0.39 is 5.79 Å². The van der Waals surface area contributed by atoms with Crippen molar-refractivity contribution < 1.29 is 14.3 Å². The fourth-order valence-corrected chi connectivity index (χ4v) is 4.69. The van der Waals surface area contributed by atoms with Crippen molar-refractivity contribution in [1.82, 2.24) is 0 Å². The zero-order valence-electron chi connectivity index (χ0n) is 14.9. The summed E-state index contributed by atoms with van der Waals surface area (Å²) in [6, 6.07) is 4.25. The zero-order chi connectivity index (χ0) is 17.4. The first-order valence-electron chi connectivity index (χ1n) is 8.09. The molecule has 0 bridgehead atoms. The van der Waals surface area contributed by atoms with Gasteiger partial charge in [0, 0.05) is 39.0 Å². The summed E-state index contributed by atoms with van der Waals surface area (Å²) < 4.78 is 12.7. The summed E-state index contributed by atoms with van der Waals surface area (Å²) in [5.74, 6) is -0.580. The third-order valence-corrected chi connectivity index (χ3v) is 6.06. The Labute approximate surface area is 152 Å². The standard InChI is InChI=1S/C19H25IO3/c1-10-8-12-13(9-11(10)16(20)21)18(4,5)15-14(17(12,2)3)22-19(6,7)23-15/h8-9,14-15H,1-7H3/t14-,15+/m1/s1. The van der Waals surface area contributed by atoms with Crippen molar-refractivity contribution in [2.24, 2.45) is 0 Å². The molecule has 1 aliphatic heterocycles. The summed E-state index contributed by atoms with van der Waals surface area (Å²) >= 11 is 1.87. The fourth-order valence-electron chi connectivity index (χ4n) is 4.11. The van der Waals surface area contributed by atoms with E-state index in [0.717, 1.165) is 11.1 Å². The van der Waals surface area contributed by atoms with Crippen LogP contribution in [0.3, 0.4) is 0 Å². The number of halogens is 1. The van der Waals surface area contributed by atoms with Gasteiger partial charge in [-0.3, -0.25) is 4.79 Å². The van der Waals surface area contributed by atoms with Gasteiger partial charge in [0.2, 0.25) is 3.79 Å². The lowest BCUT2D eigenvalue weighted by molar-refractivity contribution is -0.153. The van der Waals surface area contributed by atoms with Crippen LogP contribution in [0.5, 0.6) is 0 Å². The molecule has 1 saturated heterocycles. The topological polar surface area (TPSA) is 35.5 Å². The van der Waals surface area contributed by atoms with Crippen LogP contribution < -0.4 is 0 Å². The maximum atomic E-state index is 12.0. The van der Waals surface area contributed by atoms with Crippen LogP contribution >= 0.6 is 22.6 Å². The van der Waals surface area contributed by atoms with E-state index in [9.17, 15) is 4.79 Å². The van der Waals surface area contributed by atoms with Gasteiger partial charge in [0.1, 0.15) is 0 Å². The lowest BCUT2D eigenvalue weighted by Crippen LogP contribution is -2.54. The lowest BCUT2D eigenvalue weighted by Gasteiger charge is -2.48. The molecule has 0 spiro atoms. The molecule has 0 saturated carbocycles. The number of rotatable bonds is 1. The molecule has 2 aliphatic rings. The van der Waals surface area contributed by atoms with Crippen molar-refractivity contribution in [3.8, 4) is 0 Å². The van der Waals surface area contributed by atoms with Crippen molar-refractivity contribution in [2.45, 2.75) is 77.3 Å². The quantitative estimate of drug-likeness (QED) is 0.482. The molecular weight excluding hydrogens is 403 g/mol. The molecule has 126 valence electrons. The molecule has 3 rings (SSSR count). The van der Waals surface area contributed by atoms with Gasteiger partial charge in [-0.2, -0.15) is 0 Å². The molecule has 1 fully saturated rings. The normalized spacial score (nSPS) is 29.7. The van der Waals surface area contributed by atoms with Gasteiger partial charge in [-0.15, -0.1) is 0 Å². The van der Waals surface area contributed by atoms with Crippen molar-refractivity contribution in [1.29, 1.82) is 0 Å². The minimum atomic E-state index is -0.580. The molecule has 2 atom stereocenters. The highest BCUT2D eigenvalue weighted by Gasteiger charge is 2.59. The molecule has 0 radical (unpaired) electrons. The molecule has 23 heavy (non-hydrogen) atoms. The van der Waals surface area contributed by atoms with E-state index in [1.807, 2.05) is 43.4 Å². The number of fused-ring (bicyclic) bond motifs is 2. The molecule has 1 aromatic rings. The van der Waals surface area contributed by atoms with Crippen LogP contribution in [0.15, 0.2) is 12.1 Å². The Bertz CT molecular complexity index is 688. The van der Waals surface area contributed by atoms with Crippen LogP contribution in [0.25, 0.3) is 0 Å².